The molecule has 0 saturated heterocycles. The zero-order chi connectivity index (χ0) is 13.2. The number of nitrogens with zero attached hydrogens (tertiary/aromatic N) is 1. The Bertz CT molecular complexity index is 623. The van der Waals surface area contributed by atoms with Crippen molar-refractivity contribution in [3.8, 4) is 11.1 Å². The third-order valence-electron chi connectivity index (χ3n) is 3.10. The molecule has 2 aromatic rings. The number of rotatable bonds is 3. The lowest BCUT2D eigenvalue weighted by atomic mass is 10.1. The van der Waals surface area contributed by atoms with Gasteiger partial charge in [0, 0.05) is 29.6 Å². The SMILES string of the molecule is O=C(NC1CC1)c1cncc(-c2ccccc2F)c1. The number of nitrogens with one attached hydrogen (secondary N) is 1. The van der Waals surface area contributed by atoms with E-state index < -0.39 is 0 Å². The van der Waals surface area contributed by atoms with Crippen LogP contribution in [0.5, 0.6) is 0 Å². The molecule has 1 aliphatic rings. The lowest BCUT2D eigenvalue weighted by molar-refractivity contribution is 0.0950. The highest BCUT2D eigenvalue weighted by Gasteiger charge is 2.24. The number of amides is 1. The first-order valence-corrected chi connectivity index (χ1v) is 6.25. The molecule has 0 radical (unpaired) electrons. The van der Waals surface area contributed by atoms with Crippen LogP contribution in [0.3, 0.4) is 0 Å². The molecule has 96 valence electrons. The van der Waals surface area contributed by atoms with Gasteiger partial charge in [0.25, 0.3) is 5.91 Å². The second kappa shape index (κ2) is 4.80. The maximum Gasteiger partial charge on any atom is 0.253 e. The average Bonchev–Trinajstić information content (AvgIpc) is 3.23. The van der Waals surface area contributed by atoms with Crippen LogP contribution in [0.15, 0.2) is 42.7 Å². The normalized spacial score (nSPS) is 14.2. The molecular formula is C15H13FN2O. The lowest BCUT2D eigenvalue weighted by Crippen LogP contribution is -2.25. The summed E-state index contributed by atoms with van der Waals surface area (Å²) in [6.07, 6.45) is 5.13. The van der Waals surface area contributed by atoms with E-state index >= 15 is 0 Å². The van der Waals surface area contributed by atoms with Crippen LogP contribution < -0.4 is 5.32 Å². The molecule has 1 aromatic carbocycles. The predicted octanol–water partition coefficient (Wildman–Crippen LogP) is 2.78. The van der Waals surface area contributed by atoms with Gasteiger partial charge in [-0.15, -0.1) is 0 Å². The molecule has 3 nitrogen and oxygen atoms in total. The van der Waals surface area contributed by atoms with Crippen LogP contribution in [0.2, 0.25) is 0 Å². The minimum absolute atomic E-state index is 0.145. The molecule has 19 heavy (non-hydrogen) atoms. The van der Waals surface area contributed by atoms with E-state index in [4.69, 9.17) is 0 Å². The molecule has 4 heteroatoms. The van der Waals surface area contributed by atoms with Gasteiger partial charge in [0.2, 0.25) is 0 Å². The first-order chi connectivity index (χ1) is 9.24. The Labute approximate surface area is 110 Å². The maximum atomic E-state index is 13.7. The van der Waals surface area contributed by atoms with Gasteiger partial charge in [-0.25, -0.2) is 4.39 Å². The number of carbonyl (C=O) groups excluding carboxylic acids is 1. The van der Waals surface area contributed by atoms with Crippen LogP contribution in [0, 0.1) is 5.82 Å². The van der Waals surface area contributed by atoms with Crippen LogP contribution in [0.4, 0.5) is 4.39 Å². The second-order valence-electron chi connectivity index (χ2n) is 4.69. The molecule has 1 N–H and O–H groups in total. The van der Waals surface area contributed by atoms with Gasteiger partial charge < -0.3 is 5.32 Å². The quantitative estimate of drug-likeness (QED) is 0.917. The van der Waals surface area contributed by atoms with Crippen molar-refractivity contribution in [1.82, 2.24) is 10.3 Å². The number of pyridine rings is 1. The van der Waals surface area contributed by atoms with Crippen molar-refractivity contribution in [3.63, 3.8) is 0 Å². The molecular weight excluding hydrogens is 243 g/mol. The first kappa shape index (κ1) is 11.8. The Balaban J connectivity index is 1.91. The fourth-order valence-electron chi connectivity index (χ4n) is 1.90. The van der Waals surface area contributed by atoms with Gasteiger partial charge in [-0.1, -0.05) is 18.2 Å². The van der Waals surface area contributed by atoms with E-state index in [0.717, 1.165) is 12.8 Å². The highest BCUT2D eigenvalue weighted by molar-refractivity contribution is 5.95. The lowest BCUT2D eigenvalue weighted by Gasteiger charge is -2.06. The van der Waals surface area contributed by atoms with Crippen molar-refractivity contribution in [2.75, 3.05) is 0 Å². The number of hydrogen-bond donors (Lipinski definition) is 1. The smallest absolute Gasteiger partial charge is 0.253 e. The van der Waals surface area contributed by atoms with Crippen molar-refractivity contribution in [3.05, 3.63) is 54.1 Å². The number of carbonyl (C=O) groups is 1. The Morgan fingerprint density at radius 2 is 2.05 bits per heavy atom. The third kappa shape index (κ3) is 2.62. The van der Waals surface area contributed by atoms with Crippen molar-refractivity contribution >= 4 is 5.91 Å². The van der Waals surface area contributed by atoms with Gasteiger partial charge >= 0.3 is 0 Å². The van der Waals surface area contributed by atoms with Crippen molar-refractivity contribution in [1.29, 1.82) is 0 Å². The molecule has 1 aliphatic carbocycles. The van der Waals surface area contributed by atoms with Gasteiger partial charge in [-0.2, -0.15) is 0 Å². The largest absolute Gasteiger partial charge is 0.349 e. The summed E-state index contributed by atoms with van der Waals surface area (Å²) in [7, 11) is 0. The van der Waals surface area contributed by atoms with E-state index in [1.807, 2.05) is 0 Å². The molecule has 0 atom stereocenters. The van der Waals surface area contributed by atoms with E-state index in [1.165, 1.54) is 12.3 Å². The molecule has 1 aromatic heterocycles. The Morgan fingerprint density at radius 3 is 2.79 bits per heavy atom. The summed E-state index contributed by atoms with van der Waals surface area (Å²) >= 11 is 0. The fraction of sp³-hybridized carbons (Fsp3) is 0.200. The molecule has 0 spiro atoms. The molecule has 0 unspecified atom stereocenters. The van der Waals surface area contributed by atoms with Gasteiger partial charge in [-0.3, -0.25) is 9.78 Å². The van der Waals surface area contributed by atoms with Crippen LogP contribution in [-0.2, 0) is 0 Å². The maximum absolute atomic E-state index is 13.7. The third-order valence-corrected chi connectivity index (χ3v) is 3.10. The average molecular weight is 256 g/mol. The molecule has 1 amide bonds. The summed E-state index contributed by atoms with van der Waals surface area (Å²) in [4.78, 5) is 15.9. The molecule has 3 rings (SSSR count). The van der Waals surface area contributed by atoms with E-state index in [1.54, 1.807) is 30.5 Å². The summed E-state index contributed by atoms with van der Waals surface area (Å²) in [5, 5.41) is 2.89. The summed E-state index contributed by atoms with van der Waals surface area (Å²) in [5.41, 5.74) is 1.53. The van der Waals surface area contributed by atoms with Crippen LogP contribution >= 0.6 is 0 Å². The molecule has 0 bridgehead atoms. The van der Waals surface area contributed by atoms with Gasteiger partial charge in [0.05, 0.1) is 5.56 Å². The monoisotopic (exact) mass is 256 g/mol. The number of halogens is 1. The summed E-state index contributed by atoms with van der Waals surface area (Å²) in [6, 6.07) is 8.43. The molecule has 1 saturated carbocycles. The summed E-state index contributed by atoms with van der Waals surface area (Å²) < 4.78 is 13.7. The first-order valence-electron chi connectivity index (χ1n) is 6.25. The van der Waals surface area contributed by atoms with Crippen LogP contribution in [0.1, 0.15) is 23.2 Å². The molecule has 1 fully saturated rings. The van der Waals surface area contributed by atoms with E-state index in [0.29, 0.717) is 22.7 Å². The van der Waals surface area contributed by atoms with Crippen LogP contribution in [-0.4, -0.2) is 16.9 Å². The number of benzene rings is 1. The summed E-state index contributed by atoms with van der Waals surface area (Å²) in [5.74, 6) is -0.461. The zero-order valence-electron chi connectivity index (χ0n) is 10.3. The van der Waals surface area contributed by atoms with Gasteiger partial charge in [-0.05, 0) is 25.0 Å². The number of aromatic nitrogens is 1. The minimum atomic E-state index is -0.316. The topological polar surface area (TPSA) is 42.0 Å². The van der Waals surface area contributed by atoms with Crippen molar-refractivity contribution in [2.45, 2.75) is 18.9 Å². The highest BCUT2D eigenvalue weighted by Crippen LogP contribution is 2.23. The molecule has 0 aliphatic heterocycles. The number of hydrogen-bond acceptors (Lipinski definition) is 2. The Morgan fingerprint density at radius 1 is 1.26 bits per heavy atom. The van der Waals surface area contributed by atoms with Crippen molar-refractivity contribution < 1.29 is 9.18 Å². The standard InChI is InChI=1S/C15H13FN2O/c16-14-4-2-1-3-13(14)10-7-11(9-17-8-10)15(19)18-12-5-6-12/h1-4,7-9,12H,5-6H2,(H,18,19). The second-order valence-corrected chi connectivity index (χ2v) is 4.69. The van der Waals surface area contributed by atoms with E-state index in [2.05, 4.69) is 10.3 Å². The van der Waals surface area contributed by atoms with Crippen molar-refractivity contribution in [2.24, 2.45) is 0 Å². The Hall–Kier alpha value is -2.23. The van der Waals surface area contributed by atoms with E-state index in [-0.39, 0.29) is 11.7 Å². The van der Waals surface area contributed by atoms with E-state index in [9.17, 15) is 9.18 Å². The van der Waals surface area contributed by atoms with Gasteiger partial charge in [0.1, 0.15) is 5.82 Å². The van der Waals surface area contributed by atoms with Crippen LogP contribution in [0.25, 0.3) is 11.1 Å². The summed E-state index contributed by atoms with van der Waals surface area (Å²) in [6.45, 7) is 0. The minimum Gasteiger partial charge on any atom is -0.349 e. The van der Waals surface area contributed by atoms with Gasteiger partial charge in [0.15, 0.2) is 0 Å². The zero-order valence-corrected chi connectivity index (χ0v) is 10.3. The fourth-order valence-corrected chi connectivity index (χ4v) is 1.90. The Kier molecular flexibility index (Phi) is 2.99. The molecule has 1 heterocycles. The predicted molar refractivity (Wildman–Crippen MR) is 70.1 cm³/mol. The highest BCUT2D eigenvalue weighted by atomic mass is 19.1.